The number of para-hydroxylation sites is 2. The van der Waals surface area contributed by atoms with E-state index in [4.69, 9.17) is 0 Å². The molecule has 0 radical (unpaired) electrons. The number of hydrogen-bond donors (Lipinski definition) is 1. The summed E-state index contributed by atoms with van der Waals surface area (Å²) in [5.41, 5.74) is 1.38. The van der Waals surface area contributed by atoms with Crippen LogP contribution in [0.4, 0.5) is 26.3 Å². The maximum atomic E-state index is 11.8. The summed E-state index contributed by atoms with van der Waals surface area (Å²) in [5.74, 6) is -1.34. The van der Waals surface area contributed by atoms with Gasteiger partial charge in [-0.05, 0) is 37.5 Å². The van der Waals surface area contributed by atoms with Gasteiger partial charge in [-0.1, -0.05) is 12.1 Å². The number of hydrogen-bond acceptors (Lipinski definition) is 4. The number of likely N-dealkylation sites (tertiary alicyclic amines) is 1. The van der Waals surface area contributed by atoms with Gasteiger partial charge in [0.15, 0.2) is 11.5 Å². The molecule has 152 valence electrons. The molecular weight excluding hydrogens is 380 g/mol. The maximum absolute atomic E-state index is 11.8. The lowest BCUT2D eigenvalue weighted by molar-refractivity contribution is -0.287. The van der Waals surface area contributed by atoms with Gasteiger partial charge in [0.05, 0.1) is 6.10 Å². The Morgan fingerprint density at radius 3 is 1.93 bits per heavy atom. The van der Waals surface area contributed by atoms with E-state index in [2.05, 4.69) is 21.4 Å². The Morgan fingerprint density at radius 1 is 0.926 bits per heavy atom. The minimum Gasteiger partial charge on any atom is -0.402 e. The van der Waals surface area contributed by atoms with Crippen molar-refractivity contribution in [3.05, 3.63) is 36.0 Å². The Hall–Kier alpha value is -2.10. The summed E-state index contributed by atoms with van der Waals surface area (Å²) in [7, 11) is 2.11. The minimum atomic E-state index is -5.08. The van der Waals surface area contributed by atoms with E-state index in [0.29, 0.717) is 12.1 Å². The smallest absolute Gasteiger partial charge is 0.402 e. The molecule has 27 heavy (non-hydrogen) atoms. The van der Waals surface area contributed by atoms with E-state index in [9.17, 15) is 31.4 Å². The van der Waals surface area contributed by atoms with E-state index in [1.165, 1.54) is 25.1 Å². The molecule has 0 bridgehead atoms. The summed E-state index contributed by atoms with van der Waals surface area (Å²) in [6.07, 6.45) is -4.88. The monoisotopic (exact) mass is 399 g/mol. The third kappa shape index (κ3) is 6.85. The van der Waals surface area contributed by atoms with E-state index >= 15 is 0 Å². The molecule has 2 atom stereocenters. The zero-order chi connectivity index (χ0) is 20.2. The Bertz CT molecular complexity index is 624. The van der Waals surface area contributed by atoms with Gasteiger partial charge < -0.3 is 19.5 Å². The van der Waals surface area contributed by atoms with Crippen LogP contribution in [0.15, 0.2) is 36.0 Å². The molecule has 1 N–H and O–H groups in total. The average Bonchev–Trinajstić information content (AvgIpc) is 2.88. The fraction of sp³-hybridized carbons (Fsp3) is 0.529. The van der Waals surface area contributed by atoms with Gasteiger partial charge in [0, 0.05) is 25.2 Å². The van der Waals surface area contributed by atoms with Crippen LogP contribution in [0.2, 0.25) is 0 Å². The lowest BCUT2D eigenvalue weighted by Crippen LogP contribution is -2.21. The van der Waals surface area contributed by atoms with Crippen molar-refractivity contribution < 1.29 is 40.9 Å². The third-order valence-electron chi connectivity index (χ3n) is 4.15. The molecule has 4 nitrogen and oxygen atoms in total. The first-order valence-corrected chi connectivity index (χ1v) is 8.16. The summed E-state index contributed by atoms with van der Waals surface area (Å²) in [6, 6.07) is 3.61. The maximum Gasteiger partial charge on any atom is 0.573 e. The molecule has 1 fully saturated rings. The van der Waals surface area contributed by atoms with Crippen LogP contribution in [0.3, 0.4) is 0 Å². The molecule has 1 aliphatic heterocycles. The summed E-state index contributed by atoms with van der Waals surface area (Å²) >= 11 is 0. The van der Waals surface area contributed by atoms with Crippen molar-refractivity contribution in [2.45, 2.75) is 38.1 Å². The van der Waals surface area contributed by atoms with Crippen LogP contribution in [0.25, 0.3) is 0 Å². The highest BCUT2D eigenvalue weighted by Gasteiger charge is 2.36. The topological polar surface area (TPSA) is 41.9 Å². The first-order chi connectivity index (χ1) is 12.4. The largest absolute Gasteiger partial charge is 0.573 e. The second kappa shape index (κ2) is 8.28. The predicted octanol–water partition coefficient (Wildman–Crippen LogP) is 4.46. The van der Waals surface area contributed by atoms with Crippen molar-refractivity contribution in [1.29, 1.82) is 0 Å². The van der Waals surface area contributed by atoms with Crippen LogP contribution in [0.5, 0.6) is 11.5 Å². The van der Waals surface area contributed by atoms with Crippen molar-refractivity contribution in [3.8, 4) is 11.5 Å². The third-order valence-corrected chi connectivity index (χ3v) is 4.15. The van der Waals surface area contributed by atoms with Crippen molar-refractivity contribution in [1.82, 2.24) is 4.90 Å². The van der Waals surface area contributed by atoms with Crippen molar-refractivity contribution in [3.63, 3.8) is 0 Å². The van der Waals surface area contributed by atoms with Crippen LogP contribution in [0.1, 0.15) is 19.3 Å². The fourth-order valence-electron chi connectivity index (χ4n) is 3.01. The molecule has 1 aromatic rings. The second-order valence-electron chi connectivity index (χ2n) is 6.19. The summed E-state index contributed by atoms with van der Waals surface area (Å²) in [6.45, 7) is 1.17. The summed E-state index contributed by atoms with van der Waals surface area (Å²) in [5, 5.41) is 9.37. The summed E-state index contributed by atoms with van der Waals surface area (Å²) in [4.78, 5) is 2.27. The molecule has 0 amide bonds. The van der Waals surface area contributed by atoms with Gasteiger partial charge in [0.2, 0.25) is 0 Å². The molecule has 2 aliphatic rings. The highest BCUT2D eigenvalue weighted by Crippen LogP contribution is 2.35. The van der Waals surface area contributed by atoms with E-state index in [1.54, 1.807) is 0 Å². The minimum absolute atomic E-state index is 0.179. The van der Waals surface area contributed by atoms with Gasteiger partial charge in [-0.3, -0.25) is 0 Å². The first-order valence-electron chi connectivity index (χ1n) is 8.16. The van der Waals surface area contributed by atoms with E-state index in [-0.39, 0.29) is 6.10 Å². The average molecular weight is 399 g/mol. The number of alkyl halides is 6. The molecule has 3 rings (SSSR count). The Balaban J connectivity index is 0.000000206. The number of aliphatic hydroxyl groups is 1. The highest BCUT2D eigenvalue weighted by atomic mass is 19.4. The normalized spacial score (nSPS) is 22.4. The van der Waals surface area contributed by atoms with Gasteiger partial charge in [-0.15, -0.1) is 26.3 Å². The van der Waals surface area contributed by atoms with Gasteiger partial charge in [0.1, 0.15) is 0 Å². The lowest BCUT2D eigenvalue weighted by atomic mass is 9.91. The molecular formula is C17H19F6NO3. The Kier molecular flexibility index (Phi) is 6.50. The number of rotatable bonds is 2. The molecule has 0 saturated carbocycles. The fourth-order valence-corrected chi connectivity index (χ4v) is 3.01. The highest BCUT2D eigenvalue weighted by molar-refractivity contribution is 5.39. The Morgan fingerprint density at radius 2 is 1.44 bits per heavy atom. The number of halogens is 6. The molecule has 1 heterocycles. The number of benzene rings is 1. The molecule has 10 heteroatoms. The molecule has 1 aliphatic carbocycles. The van der Waals surface area contributed by atoms with Crippen LogP contribution < -0.4 is 9.47 Å². The SMILES string of the molecule is CN1CCC2CCC(O)C=C21.FC(F)(F)Oc1ccccc1OC(F)(F)F. The Labute approximate surface area is 152 Å². The molecule has 1 aromatic carbocycles. The lowest BCUT2D eigenvalue weighted by Gasteiger charge is -2.24. The number of ether oxygens (including phenoxy) is 2. The van der Waals surface area contributed by atoms with Crippen molar-refractivity contribution >= 4 is 0 Å². The van der Waals surface area contributed by atoms with Crippen LogP contribution in [0, 0.1) is 5.92 Å². The molecule has 0 aromatic heterocycles. The van der Waals surface area contributed by atoms with Crippen LogP contribution in [-0.4, -0.2) is 42.4 Å². The van der Waals surface area contributed by atoms with Gasteiger partial charge in [0.25, 0.3) is 0 Å². The van der Waals surface area contributed by atoms with Crippen LogP contribution in [-0.2, 0) is 0 Å². The number of fused-ring (bicyclic) bond motifs is 1. The zero-order valence-electron chi connectivity index (χ0n) is 14.3. The van der Waals surface area contributed by atoms with Crippen molar-refractivity contribution in [2.75, 3.05) is 13.6 Å². The van der Waals surface area contributed by atoms with Crippen LogP contribution >= 0.6 is 0 Å². The predicted molar refractivity (Wildman–Crippen MR) is 83.9 cm³/mol. The second-order valence-corrected chi connectivity index (χ2v) is 6.19. The van der Waals surface area contributed by atoms with E-state index in [0.717, 1.165) is 24.5 Å². The van der Waals surface area contributed by atoms with Gasteiger partial charge >= 0.3 is 12.7 Å². The molecule has 2 unspecified atom stereocenters. The molecule has 0 spiro atoms. The standard InChI is InChI=1S/C9H15NO.C8H4F6O2/c1-10-5-4-7-2-3-8(11)6-9(7)10;9-7(10,11)15-5-3-1-2-4-6(5)16-8(12,13)14/h6-8,11H,2-5H2,1H3;1-4H. The van der Waals surface area contributed by atoms with E-state index in [1.807, 2.05) is 6.08 Å². The zero-order valence-corrected chi connectivity index (χ0v) is 14.3. The van der Waals surface area contributed by atoms with E-state index < -0.39 is 24.2 Å². The summed E-state index contributed by atoms with van der Waals surface area (Å²) < 4.78 is 77.5. The molecule has 1 saturated heterocycles. The number of aliphatic hydroxyl groups excluding tert-OH is 1. The number of nitrogens with zero attached hydrogens (tertiary/aromatic N) is 1. The first kappa shape index (κ1) is 21.2. The number of allylic oxidation sites excluding steroid dienone is 1. The quantitative estimate of drug-likeness (QED) is 0.746. The van der Waals surface area contributed by atoms with Crippen molar-refractivity contribution in [2.24, 2.45) is 5.92 Å². The van der Waals surface area contributed by atoms with Gasteiger partial charge in [-0.25, -0.2) is 0 Å². The van der Waals surface area contributed by atoms with Gasteiger partial charge in [-0.2, -0.15) is 0 Å².